The Kier molecular flexibility index (Phi) is 5.26. The van der Waals surface area contributed by atoms with Crippen LogP contribution in [-0.4, -0.2) is 30.2 Å². The average Bonchev–Trinajstić information content (AvgIpc) is 3.34. The molecule has 1 aromatic heterocycles. The quantitative estimate of drug-likeness (QED) is 0.461. The number of benzene rings is 3. The van der Waals surface area contributed by atoms with E-state index < -0.39 is 0 Å². The fourth-order valence-corrected chi connectivity index (χ4v) is 4.41. The van der Waals surface area contributed by atoms with E-state index in [0.29, 0.717) is 29.8 Å². The second kappa shape index (κ2) is 8.36. The van der Waals surface area contributed by atoms with Crippen molar-refractivity contribution in [1.82, 2.24) is 4.57 Å². The summed E-state index contributed by atoms with van der Waals surface area (Å²) < 4.78 is 7.51. The van der Waals surface area contributed by atoms with Crippen molar-refractivity contribution in [3.8, 4) is 0 Å². The normalized spacial score (nSPS) is 16.1. The number of hydrogen-bond donors (Lipinski definition) is 0. The van der Waals surface area contributed by atoms with E-state index in [1.165, 1.54) is 0 Å². The van der Waals surface area contributed by atoms with Gasteiger partial charge < -0.3 is 14.2 Å². The van der Waals surface area contributed by atoms with Crippen LogP contribution in [0.1, 0.15) is 6.42 Å². The number of amides is 1. The molecule has 3 aromatic carbocycles. The number of ether oxygens (including phenoxy) is 1. The van der Waals surface area contributed by atoms with Crippen LogP contribution in [0.2, 0.25) is 0 Å². The van der Waals surface area contributed by atoms with Crippen LogP contribution in [-0.2, 0) is 16.1 Å². The van der Waals surface area contributed by atoms with Gasteiger partial charge in [0.05, 0.1) is 17.6 Å². The molecule has 0 unspecified atom stereocenters. The minimum Gasteiger partial charge on any atom is -0.381 e. The molecule has 1 atom stereocenters. The standard InChI is InChI=1S/C26H24N2O3/c29-25(27(16-19-14-15-31-18-19)20-8-2-1-3-9-20)17-28-23-12-6-4-10-21(23)26(30)22-11-5-7-13-24(22)28/h1-13,19H,14-18H2/t19-/m1/s1. The monoisotopic (exact) mass is 412 g/mol. The zero-order valence-corrected chi connectivity index (χ0v) is 17.2. The first kappa shape index (κ1) is 19.5. The maximum atomic E-state index is 13.7. The molecule has 5 rings (SSSR count). The van der Waals surface area contributed by atoms with Gasteiger partial charge >= 0.3 is 0 Å². The van der Waals surface area contributed by atoms with E-state index in [0.717, 1.165) is 29.7 Å². The summed E-state index contributed by atoms with van der Waals surface area (Å²) in [6.07, 6.45) is 0.959. The Morgan fingerprint density at radius 3 is 2.13 bits per heavy atom. The topological polar surface area (TPSA) is 51.5 Å². The molecule has 0 spiro atoms. The van der Waals surface area contributed by atoms with Gasteiger partial charge in [0.15, 0.2) is 5.43 Å². The largest absolute Gasteiger partial charge is 0.381 e. The minimum atomic E-state index is -0.00273. The predicted octanol–water partition coefficient (Wildman–Crippen LogP) is 4.22. The summed E-state index contributed by atoms with van der Waals surface area (Å²) >= 11 is 0. The summed E-state index contributed by atoms with van der Waals surface area (Å²) in [4.78, 5) is 28.5. The van der Waals surface area contributed by atoms with Crippen molar-refractivity contribution >= 4 is 33.4 Å². The van der Waals surface area contributed by atoms with Crippen LogP contribution in [0, 0.1) is 5.92 Å². The van der Waals surface area contributed by atoms with Crippen molar-refractivity contribution in [3.63, 3.8) is 0 Å². The third-order valence-electron chi connectivity index (χ3n) is 6.01. The third kappa shape index (κ3) is 3.73. The number of fused-ring (bicyclic) bond motifs is 2. The molecule has 31 heavy (non-hydrogen) atoms. The fourth-order valence-electron chi connectivity index (χ4n) is 4.41. The van der Waals surface area contributed by atoms with Crippen LogP contribution >= 0.6 is 0 Å². The van der Waals surface area contributed by atoms with E-state index in [-0.39, 0.29) is 17.9 Å². The molecule has 5 heteroatoms. The molecule has 1 amide bonds. The SMILES string of the molecule is O=C(Cn1c2ccccc2c(=O)c2ccccc21)N(C[C@H]1CCOC1)c1ccccc1. The number of carbonyl (C=O) groups is 1. The number of nitrogens with zero attached hydrogens (tertiary/aromatic N) is 2. The summed E-state index contributed by atoms with van der Waals surface area (Å²) in [6, 6.07) is 24.8. The minimum absolute atomic E-state index is 0.00193. The zero-order valence-electron chi connectivity index (χ0n) is 17.2. The van der Waals surface area contributed by atoms with Crippen molar-refractivity contribution in [2.75, 3.05) is 24.7 Å². The molecule has 1 aliphatic heterocycles. The highest BCUT2D eigenvalue weighted by atomic mass is 16.5. The molecule has 0 aliphatic carbocycles. The molecule has 4 aromatic rings. The van der Waals surface area contributed by atoms with Gasteiger partial charge in [0, 0.05) is 35.5 Å². The average molecular weight is 412 g/mol. The lowest BCUT2D eigenvalue weighted by Gasteiger charge is -2.26. The number of para-hydroxylation sites is 3. The number of anilines is 1. The summed E-state index contributed by atoms with van der Waals surface area (Å²) in [5, 5.41) is 1.26. The van der Waals surface area contributed by atoms with Gasteiger partial charge in [-0.1, -0.05) is 42.5 Å². The van der Waals surface area contributed by atoms with Gasteiger partial charge in [-0.3, -0.25) is 9.59 Å². The lowest BCUT2D eigenvalue weighted by molar-refractivity contribution is -0.119. The van der Waals surface area contributed by atoms with E-state index in [1.807, 2.05) is 88.3 Å². The van der Waals surface area contributed by atoms with Crippen LogP contribution < -0.4 is 10.3 Å². The van der Waals surface area contributed by atoms with E-state index in [2.05, 4.69) is 0 Å². The van der Waals surface area contributed by atoms with Gasteiger partial charge in [-0.05, 0) is 42.8 Å². The summed E-state index contributed by atoms with van der Waals surface area (Å²) in [7, 11) is 0. The first-order valence-electron chi connectivity index (χ1n) is 10.7. The molecule has 2 heterocycles. The first-order chi connectivity index (χ1) is 15.2. The smallest absolute Gasteiger partial charge is 0.246 e. The van der Waals surface area contributed by atoms with Gasteiger partial charge in [0.2, 0.25) is 5.91 Å². The maximum Gasteiger partial charge on any atom is 0.246 e. The number of carbonyl (C=O) groups excluding carboxylic acids is 1. The highest BCUT2D eigenvalue weighted by Gasteiger charge is 2.24. The van der Waals surface area contributed by atoms with Crippen LogP contribution in [0.5, 0.6) is 0 Å². The molecule has 156 valence electrons. The Morgan fingerprint density at radius 1 is 0.903 bits per heavy atom. The predicted molar refractivity (Wildman–Crippen MR) is 123 cm³/mol. The molecule has 0 bridgehead atoms. The van der Waals surface area contributed by atoms with Crippen molar-refractivity contribution in [2.24, 2.45) is 5.92 Å². The summed E-state index contributed by atoms with van der Waals surface area (Å²) in [5.74, 6) is 0.323. The van der Waals surface area contributed by atoms with Gasteiger partial charge in [-0.25, -0.2) is 0 Å². The highest BCUT2D eigenvalue weighted by Crippen LogP contribution is 2.23. The highest BCUT2D eigenvalue weighted by molar-refractivity contribution is 5.98. The third-order valence-corrected chi connectivity index (χ3v) is 6.01. The van der Waals surface area contributed by atoms with Gasteiger partial charge in [-0.15, -0.1) is 0 Å². The molecule has 0 radical (unpaired) electrons. The van der Waals surface area contributed by atoms with Crippen LogP contribution in [0.25, 0.3) is 21.8 Å². The number of pyridine rings is 1. The van der Waals surface area contributed by atoms with E-state index in [9.17, 15) is 9.59 Å². The van der Waals surface area contributed by atoms with Crippen molar-refractivity contribution in [2.45, 2.75) is 13.0 Å². The van der Waals surface area contributed by atoms with E-state index >= 15 is 0 Å². The molecule has 1 aliphatic rings. The van der Waals surface area contributed by atoms with Crippen LogP contribution in [0.3, 0.4) is 0 Å². The van der Waals surface area contributed by atoms with Crippen LogP contribution in [0.15, 0.2) is 83.7 Å². The molecule has 1 fully saturated rings. The van der Waals surface area contributed by atoms with Gasteiger partial charge in [-0.2, -0.15) is 0 Å². The Balaban J connectivity index is 1.59. The van der Waals surface area contributed by atoms with E-state index in [4.69, 9.17) is 4.74 Å². The van der Waals surface area contributed by atoms with Gasteiger partial charge in [0.1, 0.15) is 6.54 Å². The molecular weight excluding hydrogens is 388 g/mol. The molecular formula is C26H24N2O3. The van der Waals surface area contributed by atoms with Crippen molar-refractivity contribution in [1.29, 1.82) is 0 Å². The lowest BCUT2D eigenvalue weighted by atomic mass is 10.1. The van der Waals surface area contributed by atoms with Crippen molar-refractivity contribution in [3.05, 3.63) is 89.1 Å². The fraction of sp³-hybridized carbons (Fsp3) is 0.231. The Bertz CT molecular complexity index is 1230. The Labute approximate surface area is 180 Å². The molecule has 1 saturated heterocycles. The second-order valence-corrected chi connectivity index (χ2v) is 8.02. The Morgan fingerprint density at radius 2 is 1.52 bits per heavy atom. The molecule has 5 nitrogen and oxygen atoms in total. The second-order valence-electron chi connectivity index (χ2n) is 8.02. The molecule has 0 saturated carbocycles. The van der Waals surface area contributed by atoms with Gasteiger partial charge in [0.25, 0.3) is 0 Å². The molecule has 0 N–H and O–H groups in total. The maximum absolute atomic E-state index is 13.7. The number of hydrogen-bond acceptors (Lipinski definition) is 3. The van der Waals surface area contributed by atoms with Crippen molar-refractivity contribution < 1.29 is 9.53 Å². The zero-order chi connectivity index (χ0) is 21.2. The lowest BCUT2D eigenvalue weighted by Crippen LogP contribution is -2.38. The Hall–Kier alpha value is -3.44. The van der Waals surface area contributed by atoms with Crippen LogP contribution in [0.4, 0.5) is 5.69 Å². The number of rotatable bonds is 5. The van der Waals surface area contributed by atoms with E-state index in [1.54, 1.807) is 0 Å². The number of aromatic nitrogens is 1. The first-order valence-corrected chi connectivity index (χ1v) is 10.7. The summed E-state index contributed by atoms with van der Waals surface area (Å²) in [6.45, 7) is 2.21. The summed E-state index contributed by atoms with van der Waals surface area (Å²) in [5.41, 5.74) is 2.43.